The number of hydrogen-bond acceptors (Lipinski definition) is 3. The number of aromatic nitrogens is 1. The Labute approximate surface area is 164 Å². The van der Waals surface area contributed by atoms with E-state index in [4.69, 9.17) is 4.98 Å². The molecule has 1 saturated carbocycles. The van der Waals surface area contributed by atoms with Gasteiger partial charge in [0.2, 0.25) is 5.91 Å². The molecule has 1 heterocycles. The van der Waals surface area contributed by atoms with Crippen LogP contribution in [0.25, 0.3) is 10.2 Å². The number of para-hydroxylation sites is 1. The summed E-state index contributed by atoms with van der Waals surface area (Å²) in [5.74, 6) is 0.512. The molecule has 2 atom stereocenters. The maximum Gasteiger partial charge on any atom is 0.223 e. The molecule has 140 valence electrons. The topological polar surface area (TPSA) is 42.0 Å². The molecule has 1 aliphatic rings. The minimum atomic E-state index is 0.0520. The summed E-state index contributed by atoms with van der Waals surface area (Å²) in [6, 6.07) is 16.7. The third-order valence-electron chi connectivity index (χ3n) is 5.69. The molecule has 4 heteroatoms. The lowest BCUT2D eigenvalue weighted by atomic mass is 9.79. The Hall–Kier alpha value is -2.20. The average molecular weight is 379 g/mol. The first-order chi connectivity index (χ1) is 13.2. The fourth-order valence-electron chi connectivity index (χ4n) is 4.13. The van der Waals surface area contributed by atoms with Gasteiger partial charge in [-0.1, -0.05) is 49.2 Å². The largest absolute Gasteiger partial charge is 0.356 e. The van der Waals surface area contributed by atoms with E-state index in [0.29, 0.717) is 6.54 Å². The zero-order valence-electron chi connectivity index (χ0n) is 15.8. The number of thiazole rings is 1. The van der Waals surface area contributed by atoms with Crippen molar-refractivity contribution in [2.75, 3.05) is 6.54 Å². The monoisotopic (exact) mass is 378 g/mol. The van der Waals surface area contributed by atoms with Gasteiger partial charge in [-0.05, 0) is 49.4 Å². The van der Waals surface area contributed by atoms with Crippen LogP contribution in [0.15, 0.2) is 48.5 Å². The summed E-state index contributed by atoms with van der Waals surface area (Å²) in [7, 11) is 0. The predicted molar refractivity (Wildman–Crippen MR) is 112 cm³/mol. The van der Waals surface area contributed by atoms with E-state index in [1.54, 1.807) is 11.3 Å². The van der Waals surface area contributed by atoms with Gasteiger partial charge in [0.05, 0.1) is 15.2 Å². The SMILES string of the molecule is Cc1ccccc1CCNC(=O)[C@H]1CCCC[C@@H]1c1nc2ccccc2s1. The van der Waals surface area contributed by atoms with E-state index in [1.807, 2.05) is 6.07 Å². The third kappa shape index (κ3) is 4.06. The van der Waals surface area contributed by atoms with E-state index in [1.165, 1.54) is 22.2 Å². The van der Waals surface area contributed by atoms with Crippen molar-refractivity contribution in [3.63, 3.8) is 0 Å². The van der Waals surface area contributed by atoms with Crippen LogP contribution < -0.4 is 5.32 Å². The van der Waals surface area contributed by atoms with Gasteiger partial charge in [0.15, 0.2) is 0 Å². The lowest BCUT2D eigenvalue weighted by Crippen LogP contribution is -2.36. The number of carbonyl (C=O) groups is 1. The first-order valence-corrected chi connectivity index (χ1v) is 10.7. The molecule has 0 bridgehead atoms. The number of benzene rings is 2. The summed E-state index contributed by atoms with van der Waals surface area (Å²) in [6.45, 7) is 2.83. The molecule has 0 aliphatic heterocycles. The van der Waals surface area contributed by atoms with Crippen LogP contribution >= 0.6 is 11.3 Å². The van der Waals surface area contributed by atoms with Crippen LogP contribution in [0.3, 0.4) is 0 Å². The summed E-state index contributed by atoms with van der Waals surface area (Å²) in [4.78, 5) is 17.8. The minimum Gasteiger partial charge on any atom is -0.356 e. The fraction of sp³-hybridized carbons (Fsp3) is 0.391. The minimum absolute atomic E-state index is 0.0520. The molecule has 27 heavy (non-hydrogen) atoms. The number of aryl methyl sites for hydroxylation is 1. The van der Waals surface area contributed by atoms with Gasteiger partial charge < -0.3 is 5.32 Å². The van der Waals surface area contributed by atoms with Crippen LogP contribution in [0.5, 0.6) is 0 Å². The molecule has 1 amide bonds. The molecule has 0 radical (unpaired) electrons. The van der Waals surface area contributed by atoms with Crippen molar-refractivity contribution in [1.82, 2.24) is 10.3 Å². The third-order valence-corrected chi connectivity index (χ3v) is 6.85. The van der Waals surface area contributed by atoms with Crippen molar-refractivity contribution < 1.29 is 4.79 Å². The molecule has 1 aromatic heterocycles. The zero-order valence-corrected chi connectivity index (χ0v) is 16.6. The van der Waals surface area contributed by atoms with Gasteiger partial charge in [-0.2, -0.15) is 0 Å². The normalized spacial score (nSPS) is 19.9. The van der Waals surface area contributed by atoms with Crippen molar-refractivity contribution in [2.45, 2.75) is 44.9 Å². The van der Waals surface area contributed by atoms with Crippen LogP contribution in [0.2, 0.25) is 0 Å². The van der Waals surface area contributed by atoms with Gasteiger partial charge in [0, 0.05) is 18.4 Å². The zero-order chi connectivity index (χ0) is 18.6. The number of nitrogens with one attached hydrogen (secondary N) is 1. The van der Waals surface area contributed by atoms with Gasteiger partial charge in [-0.25, -0.2) is 4.98 Å². The van der Waals surface area contributed by atoms with Crippen molar-refractivity contribution in [3.05, 3.63) is 64.7 Å². The smallest absolute Gasteiger partial charge is 0.223 e. The molecule has 0 unspecified atom stereocenters. The second-order valence-corrected chi connectivity index (χ2v) is 8.55. The standard InChI is InChI=1S/C23H26N2OS/c1-16-8-2-3-9-17(16)14-15-24-22(26)18-10-4-5-11-19(18)23-25-20-12-6-7-13-21(20)27-23/h2-3,6-9,12-13,18-19H,4-5,10-11,14-15H2,1H3,(H,24,26)/t18-,19-/m0/s1. The maximum atomic E-state index is 12.9. The van der Waals surface area contributed by atoms with Crippen molar-refractivity contribution in [2.24, 2.45) is 5.92 Å². The second kappa shape index (κ2) is 8.22. The highest BCUT2D eigenvalue weighted by atomic mass is 32.1. The van der Waals surface area contributed by atoms with Gasteiger partial charge in [0.25, 0.3) is 0 Å². The van der Waals surface area contributed by atoms with E-state index >= 15 is 0 Å². The molecular weight excluding hydrogens is 352 g/mol. The Morgan fingerprint density at radius 2 is 1.89 bits per heavy atom. The Morgan fingerprint density at radius 3 is 2.74 bits per heavy atom. The lowest BCUT2D eigenvalue weighted by Gasteiger charge is -2.29. The summed E-state index contributed by atoms with van der Waals surface area (Å²) >= 11 is 1.76. The molecule has 1 aliphatic carbocycles. The number of rotatable bonds is 5. The van der Waals surface area contributed by atoms with Gasteiger partial charge >= 0.3 is 0 Å². The maximum absolute atomic E-state index is 12.9. The van der Waals surface area contributed by atoms with Crippen LogP contribution in [0.4, 0.5) is 0 Å². The van der Waals surface area contributed by atoms with Crippen LogP contribution in [-0.2, 0) is 11.2 Å². The second-order valence-electron chi connectivity index (χ2n) is 7.48. The predicted octanol–water partition coefficient (Wildman–Crippen LogP) is 5.24. The van der Waals surface area contributed by atoms with E-state index in [-0.39, 0.29) is 17.7 Å². The summed E-state index contributed by atoms with van der Waals surface area (Å²) in [6.07, 6.45) is 5.24. The molecule has 3 aromatic rings. The fourth-order valence-corrected chi connectivity index (χ4v) is 5.30. The number of hydrogen-bond donors (Lipinski definition) is 1. The van der Waals surface area contributed by atoms with E-state index in [9.17, 15) is 4.79 Å². The number of nitrogens with zero attached hydrogens (tertiary/aromatic N) is 1. The quantitative estimate of drug-likeness (QED) is 0.660. The Balaban J connectivity index is 1.43. The molecule has 4 rings (SSSR count). The van der Waals surface area contributed by atoms with Crippen molar-refractivity contribution in [1.29, 1.82) is 0 Å². The molecule has 3 nitrogen and oxygen atoms in total. The molecule has 2 aromatic carbocycles. The molecule has 0 saturated heterocycles. The highest BCUT2D eigenvalue weighted by molar-refractivity contribution is 7.18. The lowest BCUT2D eigenvalue weighted by molar-refractivity contribution is -0.126. The van der Waals surface area contributed by atoms with Gasteiger partial charge in [-0.15, -0.1) is 11.3 Å². The first-order valence-electron chi connectivity index (χ1n) is 9.90. The highest BCUT2D eigenvalue weighted by Crippen LogP contribution is 2.40. The molecular formula is C23H26N2OS. The Kier molecular flexibility index (Phi) is 5.53. The van der Waals surface area contributed by atoms with E-state index < -0.39 is 0 Å². The van der Waals surface area contributed by atoms with Gasteiger partial charge in [0.1, 0.15) is 0 Å². The van der Waals surface area contributed by atoms with Gasteiger partial charge in [-0.3, -0.25) is 4.79 Å². The van der Waals surface area contributed by atoms with Crippen LogP contribution in [-0.4, -0.2) is 17.4 Å². The first kappa shape index (κ1) is 18.2. The highest BCUT2D eigenvalue weighted by Gasteiger charge is 2.33. The average Bonchev–Trinajstić information content (AvgIpc) is 3.13. The van der Waals surface area contributed by atoms with Crippen LogP contribution in [0.1, 0.15) is 47.7 Å². The number of carbonyl (C=O) groups excluding carboxylic acids is 1. The van der Waals surface area contributed by atoms with Crippen molar-refractivity contribution >= 4 is 27.5 Å². The number of fused-ring (bicyclic) bond motifs is 1. The number of amides is 1. The van der Waals surface area contributed by atoms with E-state index in [2.05, 4.69) is 54.7 Å². The summed E-state index contributed by atoms with van der Waals surface area (Å²) in [5, 5.41) is 4.33. The Morgan fingerprint density at radius 1 is 1.11 bits per heavy atom. The van der Waals surface area contributed by atoms with Crippen molar-refractivity contribution in [3.8, 4) is 0 Å². The van der Waals surface area contributed by atoms with Crippen LogP contribution in [0, 0.1) is 12.8 Å². The Bertz CT molecular complexity index is 900. The summed E-state index contributed by atoms with van der Waals surface area (Å²) in [5.41, 5.74) is 3.66. The molecule has 0 spiro atoms. The summed E-state index contributed by atoms with van der Waals surface area (Å²) < 4.78 is 1.22. The van der Waals surface area contributed by atoms with E-state index in [0.717, 1.165) is 36.2 Å². The molecule has 1 N–H and O–H groups in total. The molecule has 1 fully saturated rings.